The molecule has 0 saturated carbocycles. The van der Waals surface area contributed by atoms with Gasteiger partial charge < -0.3 is 20.9 Å². The molecule has 0 radical (unpaired) electrons. The third-order valence-corrected chi connectivity index (χ3v) is 3.49. The van der Waals surface area contributed by atoms with Crippen LogP contribution < -0.4 is 15.8 Å². The second kappa shape index (κ2) is 10.7. The lowest BCUT2D eigenvalue weighted by molar-refractivity contribution is 0.114. The Morgan fingerprint density at radius 2 is 1.83 bits per heavy atom. The van der Waals surface area contributed by atoms with E-state index in [-0.39, 0.29) is 43.1 Å². The lowest BCUT2D eigenvalue weighted by atomic mass is 10.3. The van der Waals surface area contributed by atoms with Crippen LogP contribution in [0.15, 0.2) is 59.6 Å². The van der Waals surface area contributed by atoms with E-state index >= 15 is 0 Å². The number of nitrogens with one attached hydrogen (secondary N) is 1. The van der Waals surface area contributed by atoms with Crippen LogP contribution in [0.25, 0.3) is 0 Å². The van der Waals surface area contributed by atoms with Crippen LogP contribution in [-0.2, 0) is 0 Å². The van der Waals surface area contributed by atoms with E-state index < -0.39 is 6.10 Å². The molecule has 0 bridgehead atoms. The van der Waals surface area contributed by atoms with Crippen LogP contribution in [-0.4, -0.2) is 30.3 Å². The minimum absolute atomic E-state index is 0. The molecule has 0 heterocycles. The molecule has 2 rings (SSSR count). The Morgan fingerprint density at radius 3 is 2.48 bits per heavy atom. The van der Waals surface area contributed by atoms with Gasteiger partial charge in [0.15, 0.2) is 5.96 Å². The van der Waals surface area contributed by atoms with E-state index in [2.05, 4.69) is 32.9 Å². The minimum Gasteiger partial charge on any atom is -0.491 e. The van der Waals surface area contributed by atoms with Crippen molar-refractivity contribution in [1.82, 2.24) is 0 Å². The first kappa shape index (κ1) is 20.0. The fourth-order valence-electron chi connectivity index (χ4n) is 1.69. The number of ether oxygens (including phenoxy) is 1. The van der Waals surface area contributed by atoms with Gasteiger partial charge in [-0.25, -0.2) is 0 Å². The number of rotatable bonds is 6. The summed E-state index contributed by atoms with van der Waals surface area (Å²) >= 11 is 2.22. The lowest BCUT2D eigenvalue weighted by Crippen LogP contribution is -2.27. The third kappa shape index (κ3) is 7.84. The lowest BCUT2D eigenvalue weighted by Gasteiger charge is -2.11. The van der Waals surface area contributed by atoms with Gasteiger partial charge in [0.1, 0.15) is 18.5 Å². The van der Waals surface area contributed by atoms with Crippen LogP contribution in [0.3, 0.4) is 0 Å². The molecule has 23 heavy (non-hydrogen) atoms. The van der Waals surface area contributed by atoms with Gasteiger partial charge in [0, 0.05) is 9.26 Å². The number of aliphatic hydroxyl groups is 1. The first-order valence-corrected chi connectivity index (χ1v) is 7.90. The quantitative estimate of drug-likeness (QED) is 0.300. The summed E-state index contributed by atoms with van der Waals surface area (Å²) < 4.78 is 6.62. The van der Waals surface area contributed by atoms with Gasteiger partial charge in [-0.2, -0.15) is 0 Å². The first-order valence-electron chi connectivity index (χ1n) is 6.82. The van der Waals surface area contributed by atoms with Crippen LogP contribution in [0.5, 0.6) is 5.75 Å². The van der Waals surface area contributed by atoms with Crippen molar-refractivity contribution in [1.29, 1.82) is 0 Å². The smallest absolute Gasteiger partial charge is 0.193 e. The number of aliphatic imine (C=N–C) groups is 1. The molecular weight excluding hydrogens is 520 g/mol. The predicted octanol–water partition coefficient (Wildman–Crippen LogP) is 3.08. The molecular formula is C16H19I2N3O2. The van der Waals surface area contributed by atoms with Gasteiger partial charge in [0.2, 0.25) is 0 Å². The molecule has 7 heteroatoms. The maximum atomic E-state index is 9.86. The van der Waals surface area contributed by atoms with Gasteiger partial charge in [0.25, 0.3) is 0 Å². The Balaban J connectivity index is 0.00000264. The topological polar surface area (TPSA) is 79.9 Å². The average Bonchev–Trinajstić information content (AvgIpc) is 2.53. The van der Waals surface area contributed by atoms with Crippen molar-refractivity contribution < 1.29 is 9.84 Å². The number of aliphatic hydroxyl groups excluding tert-OH is 1. The number of benzene rings is 2. The van der Waals surface area contributed by atoms with Crippen LogP contribution in [0.4, 0.5) is 5.69 Å². The maximum Gasteiger partial charge on any atom is 0.193 e. The molecule has 0 aliphatic rings. The summed E-state index contributed by atoms with van der Waals surface area (Å²) in [7, 11) is 0. The van der Waals surface area contributed by atoms with Crippen molar-refractivity contribution in [3.63, 3.8) is 0 Å². The van der Waals surface area contributed by atoms with E-state index in [0.717, 1.165) is 15.0 Å². The minimum atomic E-state index is -0.713. The number of halogens is 2. The molecule has 0 aliphatic heterocycles. The van der Waals surface area contributed by atoms with Crippen molar-refractivity contribution in [3.05, 3.63) is 58.2 Å². The second-order valence-electron chi connectivity index (χ2n) is 4.64. The molecule has 2 aromatic rings. The van der Waals surface area contributed by atoms with Gasteiger partial charge in [-0.05, 0) is 59.0 Å². The summed E-state index contributed by atoms with van der Waals surface area (Å²) in [4.78, 5) is 4.10. The SMILES string of the molecule is I.NC(=NCC(O)COc1ccc(I)cc1)Nc1ccccc1. The van der Waals surface area contributed by atoms with Gasteiger partial charge in [-0.3, -0.25) is 4.99 Å². The van der Waals surface area contributed by atoms with E-state index in [1.807, 2.05) is 54.6 Å². The normalized spacial score (nSPS) is 12.2. The summed E-state index contributed by atoms with van der Waals surface area (Å²) in [5.74, 6) is 0.985. The van der Waals surface area contributed by atoms with Gasteiger partial charge in [-0.15, -0.1) is 24.0 Å². The van der Waals surface area contributed by atoms with Crippen molar-refractivity contribution >= 4 is 58.2 Å². The van der Waals surface area contributed by atoms with Gasteiger partial charge in [0.05, 0.1) is 6.54 Å². The number of para-hydroxylation sites is 1. The summed E-state index contributed by atoms with van der Waals surface area (Å²) in [6.45, 7) is 0.346. The van der Waals surface area contributed by atoms with E-state index in [9.17, 15) is 5.11 Å². The summed E-state index contributed by atoms with van der Waals surface area (Å²) in [5, 5.41) is 12.8. The number of hydrogen-bond donors (Lipinski definition) is 3. The number of guanidine groups is 1. The Hall–Kier alpha value is -1.07. The maximum absolute atomic E-state index is 9.86. The van der Waals surface area contributed by atoms with E-state index in [1.54, 1.807) is 0 Å². The summed E-state index contributed by atoms with van der Waals surface area (Å²) in [5.41, 5.74) is 6.62. The second-order valence-corrected chi connectivity index (χ2v) is 5.88. The third-order valence-electron chi connectivity index (χ3n) is 2.77. The first-order chi connectivity index (χ1) is 10.6. The highest BCUT2D eigenvalue weighted by molar-refractivity contribution is 14.1. The highest BCUT2D eigenvalue weighted by atomic mass is 127. The number of anilines is 1. The van der Waals surface area contributed by atoms with E-state index in [4.69, 9.17) is 10.5 Å². The monoisotopic (exact) mass is 539 g/mol. The molecule has 0 fully saturated rings. The zero-order valence-electron chi connectivity index (χ0n) is 12.4. The van der Waals surface area contributed by atoms with E-state index in [0.29, 0.717) is 0 Å². The van der Waals surface area contributed by atoms with Crippen molar-refractivity contribution in [3.8, 4) is 5.75 Å². The van der Waals surface area contributed by atoms with Crippen molar-refractivity contribution in [2.24, 2.45) is 10.7 Å². The molecule has 0 aliphatic carbocycles. The molecule has 5 nitrogen and oxygen atoms in total. The highest BCUT2D eigenvalue weighted by Gasteiger charge is 2.05. The fourth-order valence-corrected chi connectivity index (χ4v) is 2.05. The van der Waals surface area contributed by atoms with Crippen molar-refractivity contribution in [2.75, 3.05) is 18.5 Å². The summed E-state index contributed by atoms with van der Waals surface area (Å²) in [6, 6.07) is 17.1. The molecule has 0 aromatic heterocycles. The molecule has 124 valence electrons. The van der Waals surface area contributed by atoms with Crippen LogP contribution in [0, 0.1) is 3.57 Å². The Morgan fingerprint density at radius 1 is 1.17 bits per heavy atom. The van der Waals surface area contributed by atoms with Crippen molar-refractivity contribution in [2.45, 2.75) is 6.10 Å². The fraction of sp³-hybridized carbons (Fsp3) is 0.188. The molecule has 2 aromatic carbocycles. The Labute approximate surface area is 166 Å². The molecule has 0 saturated heterocycles. The number of nitrogens with two attached hydrogens (primary N) is 1. The zero-order valence-corrected chi connectivity index (χ0v) is 16.8. The van der Waals surface area contributed by atoms with Crippen LogP contribution >= 0.6 is 46.6 Å². The zero-order chi connectivity index (χ0) is 15.8. The summed E-state index contributed by atoms with van der Waals surface area (Å²) in [6.07, 6.45) is -0.713. The number of nitrogens with zero attached hydrogens (tertiary/aromatic N) is 1. The molecule has 1 atom stereocenters. The predicted molar refractivity (Wildman–Crippen MR) is 113 cm³/mol. The molecule has 0 spiro atoms. The van der Waals surface area contributed by atoms with Crippen LogP contribution in [0.1, 0.15) is 0 Å². The van der Waals surface area contributed by atoms with Gasteiger partial charge >= 0.3 is 0 Å². The Bertz CT molecular complexity index is 606. The standard InChI is InChI=1S/C16H18IN3O2.HI/c17-12-6-8-15(9-7-12)22-11-14(21)10-19-16(18)20-13-4-2-1-3-5-13;/h1-9,14,21H,10-11H2,(H3,18,19,20);1H. The largest absolute Gasteiger partial charge is 0.491 e. The number of hydrogen-bond acceptors (Lipinski definition) is 3. The Kier molecular flexibility index (Phi) is 9.26. The molecule has 0 amide bonds. The van der Waals surface area contributed by atoms with Gasteiger partial charge in [-0.1, -0.05) is 18.2 Å². The average molecular weight is 539 g/mol. The van der Waals surface area contributed by atoms with E-state index in [1.165, 1.54) is 0 Å². The van der Waals surface area contributed by atoms with Crippen LogP contribution in [0.2, 0.25) is 0 Å². The molecule has 1 unspecified atom stereocenters. The molecule has 4 N–H and O–H groups in total. The highest BCUT2D eigenvalue weighted by Crippen LogP contribution is 2.13.